The first kappa shape index (κ1) is 24.0. The lowest BCUT2D eigenvalue weighted by atomic mass is 9.54. The molecule has 1 N–H and O–H groups in total. The molecule has 2 heteroatoms. The van der Waals surface area contributed by atoms with Gasteiger partial charge in [0.15, 0.2) is 0 Å². The van der Waals surface area contributed by atoms with Gasteiger partial charge in [-0.05, 0) is 91.7 Å². The predicted octanol–water partition coefficient (Wildman–Crippen LogP) is 7.82. The van der Waals surface area contributed by atoms with Crippen LogP contribution in [0.2, 0.25) is 0 Å². The van der Waals surface area contributed by atoms with Crippen molar-refractivity contribution in [1.29, 1.82) is 0 Å². The van der Waals surface area contributed by atoms with Gasteiger partial charge in [-0.3, -0.25) is 4.79 Å². The molecule has 1 aromatic rings. The molecule has 178 valence electrons. The molecule has 0 aromatic heterocycles. The largest absolute Gasteiger partial charge is 0.352 e. The second kappa shape index (κ2) is 11.4. The van der Waals surface area contributed by atoms with E-state index in [-0.39, 0.29) is 5.91 Å². The molecule has 1 amide bonds. The molecule has 4 bridgehead atoms. The minimum absolute atomic E-state index is 0.0183. The van der Waals surface area contributed by atoms with E-state index in [0.717, 1.165) is 42.2 Å². The Balaban J connectivity index is 1.29. The van der Waals surface area contributed by atoms with Gasteiger partial charge in [0.05, 0.1) is 0 Å². The van der Waals surface area contributed by atoms with Gasteiger partial charge in [-0.25, -0.2) is 0 Å². The minimum atomic E-state index is 0.0183. The summed E-state index contributed by atoms with van der Waals surface area (Å²) in [6.07, 6.45) is 20.4. The number of hydrogen-bond donors (Lipinski definition) is 1. The Kier molecular flexibility index (Phi) is 8.28. The predicted molar refractivity (Wildman–Crippen MR) is 141 cm³/mol. The number of rotatable bonds is 10. The van der Waals surface area contributed by atoms with Gasteiger partial charge in [-0.1, -0.05) is 81.2 Å². The van der Waals surface area contributed by atoms with E-state index in [4.69, 9.17) is 0 Å². The highest BCUT2D eigenvalue weighted by Crippen LogP contribution is 2.56. The second-order valence-electron chi connectivity index (χ2n) is 11.0. The van der Waals surface area contributed by atoms with Crippen LogP contribution < -0.4 is 5.32 Å². The van der Waals surface area contributed by atoms with Crippen LogP contribution in [0.4, 0.5) is 0 Å². The maximum Gasteiger partial charge on any atom is 0.244 e. The summed E-state index contributed by atoms with van der Waals surface area (Å²) < 4.78 is 0. The van der Waals surface area contributed by atoms with E-state index in [9.17, 15) is 4.79 Å². The Bertz CT molecular complexity index is 858. The Morgan fingerprint density at radius 3 is 2.24 bits per heavy atom. The Morgan fingerprint density at radius 2 is 1.64 bits per heavy atom. The van der Waals surface area contributed by atoms with Crippen molar-refractivity contribution in [2.75, 3.05) is 6.54 Å². The molecule has 0 aliphatic heterocycles. The lowest BCUT2D eigenvalue weighted by Gasteiger charge is -2.51. The van der Waals surface area contributed by atoms with Crippen LogP contribution in [0.15, 0.2) is 47.6 Å². The summed E-state index contributed by atoms with van der Waals surface area (Å²) in [6, 6.07) is 8.91. The van der Waals surface area contributed by atoms with Crippen LogP contribution >= 0.6 is 0 Å². The van der Waals surface area contributed by atoms with Crippen molar-refractivity contribution >= 4 is 18.1 Å². The first-order valence-corrected chi connectivity index (χ1v) is 13.5. The summed E-state index contributed by atoms with van der Waals surface area (Å²) >= 11 is 0. The first-order valence-electron chi connectivity index (χ1n) is 13.5. The molecule has 4 fully saturated rings. The highest BCUT2D eigenvalue weighted by Gasteiger charge is 2.44. The molecule has 5 rings (SSSR count). The van der Waals surface area contributed by atoms with E-state index >= 15 is 0 Å². The first-order chi connectivity index (χ1) is 16.0. The number of benzene rings is 1. The number of unbranched alkanes of at least 4 members (excludes halogenated alkanes) is 1. The van der Waals surface area contributed by atoms with E-state index in [1.54, 1.807) is 11.6 Å². The van der Waals surface area contributed by atoms with Gasteiger partial charge in [-0.2, -0.15) is 0 Å². The number of hydrogen-bond acceptors (Lipinski definition) is 1. The third kappa shape index (κ3) is 6.49. The molecule has 2 nitrogen and oxygen atoms in total. The van der Waals surface area contributed by atoms with Gasteiger partial charge in [0, 0.05) is 12.6 Å². The van der Waals surface area contributed by atoms with Gasteiger partial charge in [0.1, 0.15) is 0 Å². The summed E-state index contributed by atoms with van der Waals surface area (Å²) in [5.41, 5.74) is 5.25. The lowest BCUT2D eigenvalue weighted by molar-refractivity contribution is -0.116. The maximum atomic E-state index is 12.3. The van der Waals surface area contributed by atoms with Crippen LogP contribution in [0.5, 0.6) is 0 Å². The van der Waals surface area contributed by atoms with E-state index in [1.165, 1.54) is 62.5 Å². The lowest BCUT2D eigenvalue weighted by Crippen LogP contribution is -2.40. The molecule has 1 atom stereocenters. The maximum absolute atomic E-state index is 12.3. The van der Waals surface area contributed by atoms with Gasteiger partial charge >= 0.3 is 0 Å². The molecular formula is C31H43NO. The summed E-state index contributed by atoms with van der Waals surface area (Å²) in [5.74, 6) is 4.36. The quantitative estimate of drug-likeness (QED) is 0.289. The van der Waals surface area contributed by atoms with Crippen molar-refractivity contribution in [2.24, 2.45) is 29.6 Å². The molecule has 4 aliphatic rings. The van der Waals surface area contributed by atoms with Crippen LogP contribution in [0.25, 0.3) is 12.2 Å². The summed E-state index contributed by atoms with van der Waals surface area (Å²) in [7, 11) is 0. The number of nitrogens with one attached hydrogen (secondary N) is 1. The Hall–Kier alpha value is -2.09. The van der Waals surface area contributed by atoms with Crippen LogP contribution in [0.3, 0.4) is 0 Å². The molecule has 0 spiro atoms. The van der Waals surface area contributed by atoms with E-state index < -0.39 is 0 Å². The molecule has 1 aromatic carbocycles. The van der Waals surface area contributed by atoms with E-state index in [2.05, 4.69) is 55.6 Å². The SMILES string of the molecule is CCCCC(CC)CNC(=O)C=C(C)C=Cc1ccc(C=C2C3CC4CC(C3)CC2C4)cc1. The monoisotopic (exact) mass is 445 g/mol. The van der Waals surface area contributed by atoms with Gasteiger partial charge < -0.3 is 5.32 Å². The van der Waals surface area contributed by atoms with Gasteiger partial charge in [0.25, 0.3) is 0 Å². The standard InChI is InChI=1S/C31H43NO/c1-4-6-7-23(5-2)21-32-31(33)14-22(3)8-9-24-10-12-25(13-11-24)20-30-28-16-26-15-27(18-28)19-29(30)17-26/h8-14,20,23,26-29H,4-7,15-19,21H2,1-3H3,(H,32,33). The fourth-order valence-corrected chi connectivity index (χ4v) is 6.58. The summed E-state index contributed by atoms with van der Waals surface area (Å²) in [5, 5.41) is 3.08. The van der Waals surface area contributed by atoms with Crippen LogP contribution in [0.1, 0.15) is 89.7 Å². The average molecular weight is 446 g/mol. The third-order valence-electron chi connectivity index (χ3n) is 8.36. The fraction of sp³-hybridized carbons (Fsp3) is 0.581. The summed E-state index contributed by atoms with van der Waals surface area (Å²) in [4.78, 5) is 12.3. The molecule has 4 saturated carbocycles. The zero-order valence-corrected chi connectivity index (χ0v) is 21.0. The minimum Gasteiger partial charge on any atom is -0.352 e. The number of carbonyl (C=O) groups is 1. The zero-order chi connectivity index (χ0) is 23.2. The van der Waals surface area contributed by atoms with Crippen molar-refractivity contribution < 1.29 is 4.79 Å². The van der Waals surface area contributed by atoms with Crippen molar-refractivity contribution in [1.82, 2.24) is 5.32 Å². The number of amides is 1. The topological polar surface area (TPSA) is 29.1 Å². The van der Waals surface area contributed by atoms with Gasteiger partial charge in [0.2, 0.25) is 5.91 Å². The highest BCUT2D eigenvalue weighted by atomic mass is 16.1. The molecule has 33 heavy (non-hydrogen) atoms. The number of allylic oxidation sites excluding steroid dienone is 3. The van der Waals surface area contributed by atoms with Crippen molar-refractivity contribution in [3.05, 3.63) is 58.7 Å². The van der Waals surface area contributed by atoms with Crippen LogP contribution in [-0.4, -0.2) is 12.5 Å². The normalized spacial score (nSPS) is 27.2. The zero-order valence-electron chi connectivity index (χ0n) is 21.0. The third-order valence-corrected chi connectivity index (χ3v) is 8.36. The van der Waals surface area contributed by atoms with E-state index in [0.29, 0.717) is 5.92 Å². The van der Waals surface area contributed by atoms with Crippen LogP contribution in [0, 0.1) is 29.6 Å². The molecule has 0 radical (unpaired) electrons. The molecule has 0 heterocycles. The van der Waals surface area contributed by atoms with Crippen LogP contribution in [-0.2, 0) is 4.79 Å². The highest BCUT2D eigenvalue weighted by molar-refractivity contribution is 5.88. The second-order valence-corrected chi connectivity index (χ2v) is 11.0. The molecule has 0 saturated heterocycles. The molecular weight excluding hydrogens is 402 g/mol. The molecule has 1 unspecified atom stereocenters. The average Bonchev–Trinajstić information content (AvgIpc) is 2.80. The smallest absolute Gasteiger partial charge is 0.244 e. The van der Waals surface area contributed by atoms with Crippen molar-refractivity contribution in [3.8, 4) is 0 Å². The van der Waals surface area contributed by atoms with Crippen molar-refractivity contribution in [3.63, 3.8) is 0 Å². The Labute approximate surface area is 201 Å². The summed E-state index contributed by atoms with van der Waals surface area (Å²) in [6.45, 7) is 7.21. The number of carbonyl (C=O) groups excluding carboxylic acids is 1. The molecule has 4 aliphatic carbocycles. The Morgan fingerprint density at radius 1 is 1.00 bits per heavy atom. The van der Waals surface area contributed by atoms with Gasteiger partial charge in [-0.15, -0.1) is 0 Å². The fourth-order valence-electron chi connectivity index (χ4n) is 6.58. The van der Waals surface area contributed by atoms with E-state index in [1.807, 2.05) is 13.0 Å². The van der Waals surface area contributed by atoms with Crippen molar-refractivity contribution in [2.45, 2.75) is 78.6 Å².